The van der Waals surface area contributed by atoms with Crippen molar-refractivity contribution in [3.05, 3.63) is 60.9 Å². The fraction of sp³-hybridized carbons (Fsp3) is 0.105. The van der Waals surface area contributed by atoms with Crippen molar-refractivity contribution >= 4 is 11.1 Å². The largest absolute Gasteiger partial charge is 0.497 e. The van der Waals surface area contributed by atoms with Gasteiger partial charge in [0.15, 0.2) is 5.58 Å². The van der Waals surface area contributed by atoms with E-state index in [9.17, 15) is 0 Å². The summed E-state index contributed by atoms with van der Waals surface area (Å²) in [7, 11) is 3.24. The summed E-state index contributed by atoms with van der Waals surface area (Å²) in [6.07, 6.45) is 3.98. The van der Waals surface area contributed by atoms with Crippen molar-refractivity contribution in [1.82, 2.24) is 9.55 Å². The van der Waals surface area contributed by atoms with E-state index in [-0.39, 0.29) is 0 Å². The molecular weight excluding hydrogens is 304 g/mol. The number of oxazole rings is 1. The molecule has 24 heavy (non-hydrogen) atoms. The molecular formula is C19H16N2O3. The molecule has 4 aromatic rings. The van der Waals surface area contributed by atoms with Gasteiger partial charge in [0.25, 0.3) is 0 Å². The third-order valence-electron chi connectivity index (χ3n) is 3.87. The molecule has 2 aromatic heterocycles. The van der Waals surface area contributed by atoms with Crippen LogP contribution in [0.3, 0.4) is 0 Å². The minimum Gasteiger partial charge on any atom is -0.497 e. The zero-order valence-corrected chi connectivity index (χ0v) is 13.4. The molecule has 0 saturated carbocycles. The first-order valence-electron chi connectivity index (χ1n) is 7.54. The first-order valence-corrected chi connectivity index (χ1v) is 7.54. The quantitative estimate of drug-likeness (QED) is 0.562. The number of hydrogen-bond acceptors (Lipinski definition) is 4. The van der Waals surface area contributed by atoms with Crippen LogP contribution < -0.4 is 9.47 Å². The second kappa shape index (κ2) is 5.77. The lowest BCUT2D eigenvalue weighted by molar-refractivity contribution is 0.394. The van der Waals surface area contributed by atoms with Gasteiger partial charge in [-0.05, 0) is 36.4 Å². The van der Waals surface area contributed by atoms with E-state index in [0.29, 0.717) is 17.4 Å². The average Bonchev–Trinajstić information content (AvgIpc) is 3.29. The van der Waals surface area contributed by atoms with Crippen molar-refractivity contribution in [2.45, 2.75) is 0 Å². The fourth-order valence-corrected chi connectivity index (χ4v) is 2.63. The summed E-state index contributed by atoms with van der Waals surface area (Å²) in [6.45, 7) is 0. The van der Waals surface area contributed by atoms with Crippen LogP contribution in [0.2, 0.25) is 0 Å². The van der Waals surface area contributed by atoms with E-state index in [1.807, 2.05) is 65.5 Å². The van der Waals surface area contributed by atoms with Gasteiger partial charge < -0.3 is 18.5 Å². The Labute approximate surface area is 139 Å². The average molecular weight is 320 g/mol. The van der Waals surface area contributed by atoms with Crippen LogP contribution in [0.25, 0.3) is 28.2 Å². The van der Waals surface area contributed by atoms with E-state index in [2.05, 4.69) is 4.98 Å². The summed E-state index contributed by atoms with van der Waals surface area (Å²) >= 11 is 0. The molecule has 0 saturated heterocycles. The molecule has 0 unspecified atom stereocenters. The third-order valence-corrected chi connectivity index (χ3v) is 3.87. The maximum atomic E-state index is 5.96. The van der Waals surface area contributed by atoms with E-state index in [1.54, 1.807) is 14.2 Å². The molecule has 0 atom stereocenters. The molecule has 0 amide bonds. The zero-order valence-electron chi connectivity index (χ0n) is 13.4. The number of methoxy groups -OCH3 is 2. The predicted molar refractivity (Wildman–Crippen MR) is 91.9 cm³/mol. The third kappa shape index (κ3) is 2.50. The molecule has 0 aliphatic heterocycles. The van der Waals surface area contributed by atoms with Crippen LogP contribution in [-0.4, -0.2) is 23.8 Å². The van der Waals surface area contributed by atoms with E-state index >= 15 is 0 Å². The molecule has 0 spiro atoms. The molecule has 0 aliphatic rings. The number of rotatable bonds is 4. The van der Waals surface area contributed by atoms with Crippen LogP contribution in [0.5, 0.6) is 11.5 Å². The van der Waals surface area contributed by atoms with Crippen molar-refractivity contribution in [2.75, 3.05) is 14.2 Å². The maximum Gasteiger partial charge on any atom is 0.227 e. The molecule has 120 valence electrons. The van der Waals surface area contributed by atoms with Gasteiger partial charge in [0.2, 0.25) is 5.89 Å². The zero-order chi connectivity index (χ0) is 16.5. The highest BCUT2D eigenvalue weighted by molar-refractivity contribution is 5.78. The standard InChI is InChI=1S/C19H16N2O3/c1-22-15-9-13(10-16(12-15)23-2)19-20-17-6-5-14(11-18(17)24-19)21-7-3-4-8-21/h3-12H,1-2H3. The maximum absolute atomic E-state index is 5.96. The number of aromatic nitrogens is 2. The predicted octanol–water partition coefficient (Wildman–Crippen LogP) is 4.30. The number of nitrogens with zero attached hydrogens (tertiary/aromatic N) is 2. The number of fused-ring (bicyclic) bond motifs is 1. The van der Waals surface area contributed by atoms with Gasteiger partial charge in [0, 0.05) is 35.8 Å². The summed E-state index contributed by atoms with van der Waals surface area (Å²) in [5.74, 6) is 1.92. The SMILES string of the molecule is COc1cc(OC)cc(-c2nc3ccc(-n4cccc4)cc3o2)c1. The highest BCUT2D eigenvalue weighted by Gasteiger charge is 2.12. The smallest absolute Gasteiger partial charge is 0.227 e. The number of benzene rings is 2. The first kappa shape index (κ1) is 14.4. The Morgan fingerprint density at radius 2 is 1.62 bits per heavy atom. The van der Waals surface area contributed by atoms with Gasteiger partial charge in [0.1, 0.15) is 17.0 Å². The second-order valence-electron chi connectivity index (χ2n) is 5.36. The lowest BCUT2D eigenvalue weighted by atomic mass is 10.2. The Kier molecular flexibility index (Phi) is 3.46. The molecule has 0 aliphatic carbocycles. The highest BCUT2D eigenvalue weighted by atomic mass is 16.5. The lowest BCUT2D eigenvalue weighted by Crippen LogP contribution is -1.88. The van der Waals surface area contributed by atoms with Crippen molar-refractivity contribution < 1.29 is 13.9 Å². The van der Waals surface area contributed by atoms with Crippen molar-refractivity contribution in [1.29, 1.82) is 0 Å². The van der Waals surface area contributed by atoms with Gasteiger partial charge in [-0.25, -0.2) is 4.98 Å². The minimum atomic E-state index is 0.534. The van der Waals surface area contributed by atoms with Crippen LogP contribution in [0.15, 0.2) is 65.3 Å². The molecule has 0 N–H and O–H groups in total. The van der Waals surface area contributed by atoms with Gasteiger partial charge in [-0.1, -0.05) is 0 Å². The Morgan fingerprint density at radius 1 is 0.917 bits per heavy atom. The van der Waals surface area contributed by atoms with Crippen LogP contribution in [0.1, 0.15) is 0 Å². The van der Waals surface area contributed by atoms with Gasteiger partial charge in [-0.2, -0.15) is 0 Å². The van der Waals surface area contributed by atoms with Crippen molar-refractivity contribution in [3.63, 3.8) is 0 Å². The second-order valence-corrected chi connectivity index (χ2v) is 5.36. The van der Waals surface area contributed by atoms with Gasteiger partial charge in [-0.3, -0.25) is 0 Å². The summed E-state index contributed by atoms with van der Waals surface area (Å²) in [5.41, 5.74) is 3.38. The first-order chi connectivity index (χ1) is 11.8. The highest BCUT2D eigenvalue weighted by Crippen LogP contribution is 2.31. The minimum absolute atomic E-state index is 0.534. The molecule has 2 aromatic carbocycles. The molecule has 0 bridgehead atoms. The summed E-state index contributed by atoms with van der Waals surface area (Å²) < 4.78 is 18.6. The summed E-state index contributed by atoms with van der Waals surface area (Å²) in [5, 5.41) is 0. The van der Waals surface area contributed by atoms with Crippen LogP contribution in [-0.2, 0) is 0 Å². The Hall–Kier alpha value is -3.21. The van der Waals surface area contributed by atoms with E-state index in [0.717, 1.165) is 22.4 Å². The Balaban J connectivity index is 1.80. The normalized spacial score (nSPS) is 10.9. The van der Waals surface area contributed by atoms with E-state index < -0.39 is 0 Å². The van der Waals surface area contributed by atoms with E-state index in [1.165, 1.54) is 0 Å². The van der Waals surface area contributed by atoms with Gasteiger partial charge in [0.05, 0.1) is 14.2 Å². The van der Waals surface area contributed by atoms with Crippen molar-refractivity contribution in [3.8, 4) is 28.6 Å². The number of hydrogen-bond donors (Lipinski definition) is 0. The van der Waals surface area contributed by atoms with E-state index in [4.69, 9.17) is 13.9 Å². The van der Waals surface area contributed by atoms with Gasteiger partial charge in [-0.15, -0.1) is 0 Å². The molecule has 4 rings (SSSR count). The van der Waals surface area contributed by atoms with Gasteiger partial charge >= 0.3 is 0 Å². The Bertz CT molecular complexity index is 965. The fourth-order valence-electron chi connectivity index (χ4n) is 2.63. The lowest BCUT2D eigenvalue weighted by Gasteiger charge is -2.05. The van der Waals surface area contributed by atoms with Crippen LogP contribution >= 0.6 is 0 Å². The molecule has 5 heteroatoms. The van der Waals surface area contributed by atoms with Crippen molar-refractivity contribution in [2.24, 2.45) is 0 Å². The van der Waals surface area contributed by atoms with Crippen LogP contribution in [0.4, 0.5) is 0 Å². The summed E-state index contributed by atoms with van der Waals surface area (Å²) in [4.78, 5) is 4.57. The molecule has 5 nitrogen and oxygen atoms in total. The summed E-state index contributed by atoms with van der Waals surface area (Å²) in [6, 6.07) is 15.5. The topological polar surface area (TPSA) is 49.4 Å². The molecule has 2 heterocycles. The molecule has 0 radical (unpaired) electrons. The number of ether oxygens (including phenoxy) is 2. The Morgan fingerprint density at radius 3 is 2.29 bits per heavy atom. The molecule has 0 fully saturated rings. The monoisotopic (exact) mass is 320 g/mol. The van der Waals surface area contributed by atoms with Crippen LogP contribution in [0, 0.1) is 0 Å².